The molecular formula is C11H10N2OS. The monoisotopic (exact) mass is 218 g/mol. The fourth-order valence-corrected chi connectivity index (χ4v) is 2.18. The van der Waals surface area contributed by atoms with Crippen molar-refractivity contribution >= 4 is 23.4 Å². The summed E-state index contributed by atoms with van der Waals surface area (Å²) in [7, 11) is 0. The molecule has 4 heteroatoms. The Morgan fingerprint density at radius 2 is 2.07 bits per heavy atom. The van der Waals surface area contributed by atoms with Crippen molar-refractivity contribution in [3.63, 3.8) is 0 Å². The third-order valence-electron chi connectivity index (χ3n) is 2.12. The number of nitrogens with one attached hydrogen (secondary N) is 1. The van der Waals surface area contributed by atoms with Crippen LogP contribution in [-0.2, 0) is 4.79 Å². The molecule has 0 aliphatic rings. The lowest BCUT2D eigenvalue weighted by atomic mass is 10.1. The number of aromatic nitrogens is 1. The first kappa shape index (κ1) is 9.86. The Labute approximate surface area is 91.8 Å². The molecule has 0 aliphatic carbocycles. The predicted molar refractivity (Wildman–Crippen MR) is 62.0 cm³/mol. The fourth-order valence-electron chi connectivity index (χ4n) is 1.36. The van der Waals surface area contributed by atoms with Crippen molar-refractivity contribution in [3.8, 4) is 10.4 Å². The van der Waals surface area contributed by atoms with Gasteiger partial charge in [-0.2, -0.15) is 0 Å². The number of aryl methyl sites for hydroxylation is 1. The second-order valence-corrected chi connectivity index (χ2v) is 3.96. The summed E-state index contributed by atoms with van der Waals surface area (Å²) in [6.45, 7) is 1.99. The van der Waals surface area contributed by atoms with Crippen molar-refractivity contribution in [2.45, 2.75) is 6.92 Å². The van der Waals surface area contributed by atoms with Gasteiger partial charge in [0.05, 0.1) is 16.1 Å². The maximum absolute atomic E-state index is 10.2. The molecule has 3 nitrogen and oxygen atoms in total. The lowest BCUT2D eigenvalue weighted by Crippen LogP contribution is -1.92. The number of carbonyl (C=O) groups excluding carboxylic acids is 1. The Morgan fingerprint density at radius 1 is 1.33 bits per heavy atom. The zero-order chi connectivity index (χ0) is 10.7. The Morgan fingerprint density at radius 3 is 2.60 bits per heavy atom. The molecule has 0 radical (unpaired) electrons. The van der Waals surface area contributed by atoms with Crippen molar-refractivity contribution in [3.05, 3.63) is 35.5 Å². The van der Waals surface area contributed by atoms with Crippen molar-refractivity contribution in [2.24, 2.45) is 0 Å². The summed E-state index contributed by atoms with van der Waals surface area (Å²) in [6.07, 6.45) is 0.674. The summed E-state index contributed by atoms with van der Waals surface area (Å²) >= 11 is 1.62. The molecule has 76 valence electrons. The summed E-state index contributed by atoms with van der Waals surface area (Å²) in [6, 6.07) is 7.71. The number of rotatable bonds is 3. The van der Waals surface area contributed by atoms with Crippen molar-refractivity contribution in [1.82, 2.24) is 4.98 Å². The van der Waals surface area contributed by atoms with Crippen molar-refractivity contribution in [2.75, 3.05) is 5.32 Å². The van der Waals surface area contributed by atoms with Crippen LogP contribution in [0.5, 0.6) is 0 Å². The van der Waals surface area contributed by atoms with E-state index in [2.05, 4.69) is 10.3 Å². The van der Waals surface area contributed by atoms with Crippen LogP contribution in [0.4, 0.5) is 5.69 Å². The minimum atomic E-state index is 0.674. The van der Waals surface area contributed by atoms with Gasteiger partial charge in [0.25, 0.3) is 0 Å². The fraction of sp³-hybridized carbons (Fsp3) is 0.0909. The van der Waals surface area contributed by atoms with Crippen LogP contribution < -0.4 is 5.32 Å². The molecule has 1 N–H and O–H groups in total. The van der Waals surface area contributed by atoms with E-state index in [1.54, 1.807) is 11.3 Å². The molecule has 1 aromatic heterocycles. The molecule has 2 rings (SSSR count). The van der Waals surface area contributed by atoms with Crippen molar-refractivity contribution < 1.29 is 4.79 Å². The minimum Gasteiger partial charge on any atom is -0.329 e. The van der Waals surface area contributed by atoms with Crippen LogP contribution in [0.2, 0.25) is 0 Å². The van der Waals surface area contributed by atoms with E-state index in [0.29, 0.717) is 6.41 Å². The molecule has 0 atom stereocenters. The second kappa shape index (κ2) is 4.23. The molecule has 0 aliphatic heterocycles. The Kier molecular flexibility index (Phi) is 2.78. The summed E-state index contributed by atoms with van der Waals surface area (Å²) in [5.74, 6) is 0. The maximum Gasteiger partial charge on any atom is 0.211 e. The van der Waals surface area contributed by atoms with Gasteiger partial charge in [0.2, 0.25) is 6.41 Å². The van der Waals surface area contributed by atoms with E-state index in [1.807, 2.05) is 36.7 Å². The standard InChI is InChI=1S/C11H10N2OS/c1-8-11(15-7-13-8)9-2-4-10(5-3-9)12-6-14/h2-7H,1H3,(H,12,14). The number of nitrogens with zero attached hydrogens (tertiary/aromatic N) is 1. The van der Waals surface area contributed by atoms with E-state index in [1.165, 1.54) is 4.88 Å². The summed E-state index contributed by atoms with van der Waals surface area (Å²) in [5, 5.41) is 2.60. The van der Waals surface area contributed by atoms with Gasteiger partial charge in [-0.3, -0.25) is 4.79 Å². The normalized spacial score (nSPS) is 9.93. The number of hydrogen-bond acceptors (Lipinski definition) is 3. The zero-order valence-electron chi connectivity index (χ0n) is 8.23. The molecular weight excluding hydrogens is 208 g/mol. The van der Waals surface area contributed by atoms with E-state index in [4.69, 9.17) is 0 Å². The molecule has 0 saturated heterocycles. The van der Waals surface area contributed by atoms with Crippen LogP contribution in [0.1, 0.15) is 5.69 Å². The summed E-state index contributed by atoms with van der Waals surface area (Å²) in [4.78, 5) is 15.6. The smallest absolute Gasteiger partial charge is 0.211 e. The molecule has 1 heterocycles. The van der Waals surface area contributed by atoms with Gasteiger partial charge in [-0.1, -0.05) is 12.1 Å². The first-order chi connectivity index (χ1) is 7.31. The second-order valence-electron chi connectivity index (χ2n) is 3.11. The molecule has 0 bridgehead atoms. The average Bonchev–Trinajstić information content (AvgIpc) is 2.66. The molecule has 2 aromatic rings. The molecule has 0 unspecified atom stereocenters. The minimum absolute atomic E-state index is 0.674. The Hall–Kier alpha value is -1.68. The van der Waals surface area contributed by atoms with E-state index in [0.717, 1.165) is 16.9 Å². The van der Waals surface area contributed by atoms with Crippen LogP contribution >= 0.6 is 11.3 Å². The van der Waals surface area contributed by atoms with Crippen LogP contribution in [0.3, 0.4) is 0 Å². The number of carbonyl (C=O) groups is 1. The molecule has 0 fully saturated rings. The van der Waals surface area contributed by atoms with Crippen molar-refractivity contribution in [1.29, 1.82) is 0 Å². The number of hydrogen-bond donors (Lipinski definition) is 1. The predicted octanol–water partition coefficient (Wildman–Crippen LogP) is 2.69. The van der Waals surface area contributed by atoms with Gasteiger partial charge in [-0.25, -0.2) is 4.98 Å². The van der Waals surface area contributed by atoms with Crippen LogP contribution in [0.15, 0.2) is 29.8 Å². The molecule has 1 amide bonds. The van der Waals surface area contributed by atoms with Gasteiger partial charge >= 0.3 is 0 Å². The highest BCUT2D eigenvalue weighted by atomic mass is 32.1. The Bertz CT molecular complexity index is 462. The zero-order valence-corrected chi connectivity index (χ0v) is 9.04. The molecule has 1 aromatic carbocycles. The quantitative estimate of drug-likeness (QED) is 0.805. The number of thiazole rings is 1. The van der Waals surface area contributed by atoms with Crippen LogP contribution in [0.25, 0.3) is 10.4 Å². The number of benzene rings is 1. The number of amides is 1. The largest absolute Gasteiger partial charge is 0.329 e. The molecule has 0 spiro atoms. The highest BCUT2D eigenvalue weighted by Crippen LogP contribution is 2.27. The molecule has 0 saturated carbocycles. The third kappa shape index (κ3) is 2.05. The average molecular weight is 218 g/mol. The van der Waals surface area contributed by atoms with Gasteiger partial charge in [0.15, 0.2) is 0 Å². The molecule has 15 heavy (non-hydrogen) atoms. The number of anilines is 1. The first-order valence-corrected chi connectivity index (χ1v) is 5.40. The SMILES string of the molecule is Cc1ncsc1-c1ccc(NC=O)cc1. The van der Waals surface area contributed by atoms with Gasteiger partial charge in [-0.15, -0.1) is 11.3 Å². The summed E-state index contributed by atoms with van der Waals surface area (Å²) < 4.78 is 0. The first-order valence-electron chi connectivity index (χ1n) is 4.52. The van der Waals surface area contributed by atoms with Gasteiger partial charge in [0.1, 0.15) is 0 Å². The third-order valence-corrected chi connectivity index (χ3v) is 3.10. The van der Waals surface area contributed by atoms with Gasteiger partial charge < -0.3 is 5.32 Å². The van der Waals surface area contributed by atoms with E-state index in [-0.39, 0.29) is 0 Å². The van der Waals surface area contributed by atoms with Gasteiger partial charge in [-0.05, 0) is 24.6 Å². The summed E-state index contributed by atoms with van der Waals surface area (Å²) in [5.41, 5.74) is 4.81. The Balaban J connectivity index is 2.31. The van der Waals surface area contributed by atoms with E-state index in [9.17, 15) is 4.79 Å². The lowest BCUT2D eigenvalue weighted by molar-refractivity contribution is -0.105. The highest BCUT2D eigenvalue weighted by Gasteiger charge is 2.03. The van der Waals surface area contributed by atoms with E-state index >= 15 is 0 Å². The van der Waals surface area contributed by atoms with Gasteiger partial charge in [0, 0.05) is 5.69 Å². The highest BCUT2D eigenvalue weighted by molar-refractivity contribution is 7.13. The topological polar surface area (TPSA) is 42.0 Å². The van der Waals surface area contributed by atoms with Crippen LogP contribution in [-0.4, -0.2) is 11.4 Å². The van der Waals surface area contributed by atoms with E-state index < -0.39 is 0 Å². The maximum atomic E-state index is 10.2. The lowest BCUT2D eigenvalue weighted by Gasteiger charge is -2.01. The van der Waals surface area contributed by atoms with Crippen LogP contribution in [0, 0.1) is 6.92 Å².